The lowest BCUT2D eigenvalue weighted by atomic mass is 9.96. The molecule has 1 N–H and O–H groups in total. The third-order valence-electron chi connectivity index (χ3n) is 2.52. The van der Waals surface area contributed by atoms with Gasteiger partial charge in [0.05, 0.1) is 0 Å². The lowest BCUT2D eigenvalue weighted by molar-refractivity contribution is 0.586. The normalized spacial score (nSPS) is 12.5. The van der Waals surface area contributed by atoms with Crippen LogP contribution in [-0.4, -0.2) is 7.05 Å². The summed E-state index contributed by atoms with van der Waals surface area (Å²) < 4.78 is 1.13. The minimum Gasteiger partial charge on any atom is -0.313 e. The molecule has 0 bridgehead atoms. The van der Waals surface area contributed by atoms with Crippen LogP contribution in [0.4, 0.5) is 0 Å². The van der Waals surface area contributed by atoms with Gasteiger partial charge in [-0.2, -0.15) is 0 Å². The van der Waals surface area contributed by atoms with Crippen molar-refractivity contribution in [3.8, 4) is 0 Å². The maximum Gasteiger partial charge on any atom is 0.0357 e. The van der Waals surface area contributed by atoms with Crippen molar-refractivity contribution in [1.29, 1.82) is 0 Å². The molecule has 0 saturated carbocycles. The first-order valence-electron chi connectivity index (χ1n) is 5.12. The van der Waals surface area contributed by atoms with Crippen molar-refractivity contribution in [1.82, 2.24) is 5.32 Å². The molecule has 1 unspecified atom stereocenters. The van der Waals surface area contributed by atoms with Crippen molar-refractivity contribution in [2.24, 2.45) is 0 Å². The van der Waals surface area contributed by atoms with Gasteiger partial charge in [-0.3, -0.25) is 0 Å². The SMILES string of the molecule is C=C(C)CC(NC)c1cc(Br)ccc1C. The average Bonchev–Trinajstić information content (AvgIpc) is 2.18. The molecule has 0 radical (unpaired) electrons. The van der Waals surface area contributed by atoms with Crippen molar-refractivity contribution < 1.29 is 0 Å². The summed E-state index contributed by atoms with van der Waals surface area (Å²) in [4.78, 5) is 0. The molecule has 1 aromatic carbocycles. The van der Waals surface area contributed by atoms with Crippen LogP contribution in [0.3, 0.4) is 0 Å². The fourth-order valence-corrected chi connectivity index (χ4v) is 2.08. The third kappa shape index (κ3) is 3.47. The van der Waals surface area contributed by atoms with E-state index >= 15 is 0 Å². The first-order valence-corrected chi connectivity index (χ1v) is 5.91. The third-order valence-corrected chi connectivity index (χ3v) is 3.01. The molecule has 1 nitrogen and oxygen atoms in total. The van der Waals surface area contributed by atoms with E-state index in [9.17, 15) is 0 Å². The summed E-state index contributed by atoms with van der Waals surface area (Å²) >= 11 is 3.51. The lowest BCUT2D eigenvalue weighted by Crippen LogP contribution is -2.17. The Kier molecular flexibility index (Phi) is 4.55. The van der Waals surface area contributed by atoms with Gasteiger partial charge < -0.3 is 5.32 Å². The van der Waals surface area contributed by atoms with E-state index in [0.29, 0.717) is 6.04 Å². The highest BCUT2D eigenvalue weighted by Crippen LogP contribution is 2.26. The first kappa shape index (κ1) is 12.5. The number of halogens is 1. The number of nitrogens with one attached hydrogen (secondary N) is 1. The molecule has 0 aliphatic rings. The Morgan fingerprint density at radius 2 is 2.20 bits per heavy atom. The highest BCUT2D eigenvalue weighted by atomic mass is 79.9. The van der Waals surface area contributed by atoms with E-state index in [0.717, 1.165) is 10.9 Å². The van der Waals surface area contributed by atoms with E-state index < -0.39 is 0 Å². The molecule has 0 aromatic heterocycles. The Labute approximate surface area is 101 Å². The minimum absolute atomic E-state index is 0.361. The Hall–Kier alpha value is -0.600. The van der Waals surface area contributed by atoms with Gasteiger partial charge in [0.25, 0.3) is 0 Å². The van der Waals surface area contributed by atoms with Gasteiger partial charge in [-0.1, -0.05) is 27.6 Å². The minimum atomic E-state index is 0.361. The van der Waals surface area contributed by atoms with Crippen LogP contribution in [-0.2, 0) is 0 Å². The van der Waals surface area contributed by atoms with Crippen LogP contribution in [0, 0.1) is 6.92 Å². The summed E-state index contributed by atoms with van der Waals surface area (Å²) in [5, 5.41) is 3.34. The standard InChI is InChI=1S/C13H18BrN/c1-9(2)7-13(15-4)12-8-11(14)6-5-10(12)3/h5-6,8,13,15H,1,7H2,2-4H3. The topological polar surface area (TPSA) is 12.0 Å². The second-order valence-electron chi connectivity index (χ2n) is 4.00. The van der Waals surface area contributed by atoms with E-state index in [2.05, 4.69) is 59.9 Å². The molecule has 0 heterocycles. The largest absolute Gasteiger partial charge is 0.313 e. The number of benzene rings is 1. The molecule has 0 fully saturated rings. The van der Waals surface area contributed by atoms with Crippen LogP contribution in [0.5, 0.6) is 0 Å². The number of rotatable bonds is 4. The zero-order chi connectivity index (χ0) is 11.4. The Balaban J connectivity index is 3.00. The molecule has 0 amide bonds. The van der Waals surface area contributed by atoms with E-state index in [-0.39, 0.29) is 0 Å². The second kappa shape index (κ2) is 5.47. The average molecular weight is 268 g/mol. The lowest BCUT2D eigenvalue weighted by Gasteiger charge is -2.19. The molecule has 2 heteroatoms. The van der Waals surface area contributed by atoms with Crippen LogP contribution in [0.15, 0.2) is 34.8 Å². The molecular formula is C13H18BrN. The van der Waals surface area contributed by atoms with Crippen LogP contribution in [0.1, 0.15) is 30.5 Å². The summed E-state index contributed by atoms with van der Waals surface area (Å²) in [7, 11) is 1.99. The van der Waals surface area contributed by atoms with E-state index in [1.165, 1.54) is 16.7 Å². The summed E-state index contributed by atoms with van der Waals surface area (Å²) in [6, 6.07) is 6.76. The van der Waals surface area contributed by atoms with Gasteiger partial charge in [0.1, 0.15) is 0 Å². The smallest absolute Gasteiger partial charge is 0.0357 e. The summed E-state index contributed by atoms with van der Waals surface area (Å²) in [6.07, 6.45) is 0.980. The van der Waals surface area contributed by atoms with E-state index in [4.69, 9.17) is 0 Å². The van der Waals surface area contributed by atoms with Crippen LogP contribution in [0.25, 0.3) is 0 Å². The zero-order valence-corrected chi connectivity index (χ0v) is 11.2. The zero-order valence-electron chi connectivity index (χ0n) is 9.60. The number of hydrogen-bond acceptors (Lipinski definition) is 1. The molecule has 82 valence electrons. The van der Waals surface area contributed by atoms with Gasteiger partial charge in [0.15, 0.2) is 0 Å². The highest BCUT2D eigenvalue weighted by molar-refractivity contribution is 9.10. The molecular weight excluding hydrogens is 250 g/mol. The molecule has 0 aliphatic heterocycles. The molecule has 0 spiro atoms. The molecule has 1 atom stereocenters. The highest BCUT2D eigenvalue weighted by Gasteiger charge is 2.11. The van der Waals surface area contributed by atoms with Gasteiger partial charge in [-0.05, 0) is 50.6 Å². The van der Waals surface area contributed by atoms with Gasteiger partial charge in [0, 0.05) is 10.5 Å². The van der Waals surface area contributed by atoms with Crippen LogP contribution >= 0.6 is 15.9 Å². The molecule has 1 aromatic rings. The van der Waals surface area contributed by atoms with Crippen molar-refractivity contribution in [3.63, 3.8) is 0 Å². The predicted molar refractivity (Wildman–Crippen MR) is 70.1 cm³/mol. The molecule has 15 heavy (non-hydrogen) atoms. The summed E-state index contributed by atoms with van der Waals surface area (Å²) in [5.74, 6) is 0. The monoisotopic (exact) mass is 267 g/mol. The van der Waals surface area contributed by atoms with E-state index in [1.807, 2.05) is 7.05 Å². The van der Waals surface area contributed by atoms with Crippen molar-refractivity contribution in [2.45, 2.75) is 26.3 Å². The van der Waals surface area contributed by atoms with Crippen molar-refractivity contribution >= 4 is 15.9 Å². The molecule has 1 rings (SSSR count). The Bertz CT molecular complexity index is 358. The van der Waals surface area contributed by atoms with Gasteiger partial charge in [-0.15, -0.1) is 6.58 Å². The van der Waals surface area contributed by atoms with E-state index in [1.54, 1.807) is 0 Å². The molecule has 0 saturated heterocycles. The van der Waals surface area contributed by atoms with Crippen LogP contribution < -0.4 is 5.32 Å². The van der Waals surface area contributed by atoms with Gasteiger partial charge >= 0.3 is 0 Å². The van der Waals surface area contributed by atoms with Crippen molar-refractivity contribution in [2.75, 3.05) is 7.05 Å². The summed E-state index contributed by atoms with van der Waals surface area (Å²) in [5.41, 5.74) is 3.86. The maximum absolute atomic E-state index is 3.97. The summed E-state index contributed by atoms with van der Waals surface area (Å²) in [6.45, 7) is 8.18. The fraction of sp³-hybridized carbons (Fsp3) is 0.385. The maximum atomic E-state index is 3.97. The van der Waals surface area contributed by atoms with Gasteiger partial charge in [0.2, 0.25) is 0 Å². The quantitative estimate of drug-likeness (QED) is 0.814. The second-order valence-corrected chi connectivity index (χ2v) is 4.92. The van der Waals surface area contributed by atoms with Gasteiger partial charge in [-0.25, -0.2) is 0 Å². The predicted octanol–water partition coefficient (Wildman–Crippen LogP) is 3.98. The van der Waals surface area contributed by atoms with Crippen molar-refractivity contribution in [3.05, 3.63) is 46.0 Å². The Morgan fingerprint density at radius 3 is 2.73 bits per heavy atom. The number of hydrogen-bond donors (Lipinski definition) is 1. The first-order chi connectivity index (χ1) is 7.04. The number of aryl methyl sites for hydroxylation is 1. The van der Waals surface area contributed by atoms with Crippen LogP contribution in [0.2, 0.25) is 0 Å². The molecule has 0 aliphatic carbocycles. The fourth-order valence-electron chi connectivity index (χ4n) is 1.70. The Morgan fingerprint density at radius 1 is 1.53 bits per heavy atom.